The molecule has 2 N–H and O–H groups in total. The molecule has 0 bridgehead atoms. The van der Waals surface area contributed by atoms with E-state index in [-0.39, 0.29) is 6.54 Å². The van der Waals surface area contributed by atoms with Crippen LogP contribution in [0.4, 0.5) is 10.1 Å². The second-order valence-electron chi connectivity index (χ2n) is 7.54. The predicted molar refractivity (Wildman–Crippen MR) is 127 cm³/mol. The highest BCUT2D eigenvalue weighted by molar-refractivity contribution is 7.21. The first-order chi connectivity index (χ1) is 16.3. The summed E-state index contributed by atoms with van der Waals surface area (Å²) < 4.78 is 20.0. The number of carbonyl (C=O) groups is 3. The number of anilines is 1. The number of nitrogens with zero attached hydrogens (tertiary/aromatic N) is 2. The molecule has 0 aliphatic rings. The molecule has 174 valence electrons. The summed E-state index contributed by atoms with van der Waals surface area (Å²) in [6, 6.07) is 10.9. The number of esters is 1. The molecule has 0 aliphatic carbocycles. The summed E-state index contributed by atoms with van der Waals surface area (Å²) in [6.07, 6.45) is 3.65. The standard InChI is InChI=1S/C24H21FN4O4S/c1-14-11-15(2)27-23-20(14)21(29-9-3-4-10-29)22(34-23)24(32)33-13-19(31)26-12-18(30)28-17-7-5-16(25)6-8-17/h3-11H,12-13H2,1-2H3,(H,26,31)(H,28,30). The van der Waals surface area contributed by atoms with Crippen molar-refractivity contribution in [3.8, 4) is 5.69 Å². The summed E-state index contributed by atoms with van der Waals surface area (Å²) in [5.74, 6) is -2.21. The highest BCUT2D eigenvalue weighted by Crippen LogP contribution is 2.36. The molecular weight excluding hydrogens is 459 g/mol. The third-order valence-corrected chi connectivity index (χ3v) is 5.97. The molecule has 34 heavy (non-hydrogen) atoms. The minimum Gasteiger partial charge on any atom is -0.451 e. The lowest BCUT2D eigenvalue weighted by Crippen LogP contribution is -2.35. The molecule has 0 saturated carbocycles. The van der Waals surface area contributed by atoms with Crippen LogP contribution in [0.15, 0.2) is 54.9 Å². The van der Waals surface area contributed by atoms with Gasteiger partial charge in [-0.05, 0) is 61.9 Å². The van der Waals surface area contributed by atoms with Gasteiger partial charge in [-0.3, -0.25) is 9.59 Å². The quantitative estimate of drug-likeness (QED) is 0.392. The van der Waals surface area contributed by atoms with E-state index in [1.165, 1.54) is 35.6 Å². The van der Waals surface area contributed by atoms with Crippen molar-refractivity contribution in [3.63, 3.8) is 0 Å². The first-order valence-corrected chi connectivity index (χ1v) is 11.2. The molecule has 0 aliphatic heterocycles. The summed E-state index contributed by atoms with van der Waals surface area (Å²) in [5.41, 5.74) is 2.86. The normalized spacial score (nSPS) is 10.8. The van der Waals surface area contributed by atoms with Gasteiger partial charge in [0.05, 0.1) is 12.2 Å². The summed E-state index contributed by atoms with van der Waals surface area (Å²) in [5, 5.41) is 5.76. The third kappa shape index (κ3) is 5.12. The second kappa shape index (κ2) is 9.84. The van der Waals surface area contributed by atoms with E-state index in [1.54, 1.807) is 0 Å². The number of pyridine rings is 1. The summed E-state index contributed by atoms with van der Waals surface area (Å²) in [7, 11) is 0. The number of halogens is 1. The number of carbonyl (C=O) groups excluding carboxylic acids is 3. The first-order valence-electron chi connectivity index (χ1n) is 10.3. The van der Waals surface area contributed by atoms with Gasteiger partial charge in [-0.25, -0.2) is 14.2 Å². The van der Waals surface area contributed by atoms with Crippen LogP contribution in [0.25, 0.3) is 15.9 Å². The Hall–Kier alpha value is -4.05. The van der Waals surface area contributed by atoms with E-state index < -0.39 is 30.2 Å². The van der Waals surface area contributed by atoms with Crippen molar-refractivity contribution in [2.75, 3.05) is 18.5 Å². The Morgan fingerprint density at radius 1 is 1.09 bits per heavy atom. The molecule has 0 spiro atoms. The number of hydrogen-bond acceptors (Lipinski definition) is 6. The smallest absolute Gasteiger partial charge is 0.351 e. The van der Waals surface area contributed by atoms with Crippen LogP contribution < -0.4 is 10.6 Å². The number of benzene rings is 1. The van der Waals surface area contributed by atoms with Crippen molar-refractivity contribution in [1.82, 2.24) is 14.9 Å². The van der Waals surface area contributed by atoms with Gasteiger partial charge in [0.15, 0.2) is 6.61 Å². The van der Waals surface area contributed by atoms with E-state index in [0.29, 0.717) is 21.1 Å². The second-order valence-corrected chi connectivity index (χ2v) is 8.54. The number of fused-ring (bicyclic) bond motifs is 1. The molecule has 10 heteroatoms. The Kier molecular flexibility index (Phi) is 6.69. The molecule has 0 unspecified atom stereocenters. The zero-order chi connectivity index (χ0) is 24.2. The average Bonchev–Trinajstić information content (AvgIpc) is 3.45. The van der Waals surface area contributed by atoms with Crippen LogP contribution in [-0.2, 0) is 14.3 Å². The monoisotopic (exact) mass is 480 g/mol. The lowest BCUT2D eigenvalue weighted by molar-refractivity contribution is -0.126. The maximum atomic E-state index is 12.9. The van der Waals surface area contributed by atoms with Crippen LogP contribution in [0, 0.1) is 19.7 Å². The molecule has 1 aromatic carbocycles. The Labute approximate surface area is 198 Å². The third-order valence-electron chi connectivity index (χ3n) is 4.92. The van der Waals surface area contributed by atoms with Crippen LogP contribution >= 0.6 is 11.3 Å². The minimum absolute atomic E-state index is 0.326. The number of amides is 2. The molecule has 0 atom stereocenters. The molecular formula is C24H21FN4O4S. The van der Waals surface area contributed by atoms with E-state index >= 15 is 0 Å². The first kappa shape index (κ1) is 23.1. The van der Waals surface area contributed by atoms with Crippen LogP contribution in [0.1, 0.15) is 20.9 Å². The fourth-order valence-corrected chi connectivity index (χ4v) is 4.65. The Morgan fingerprint density at radius 2 is 1.79 bits per heavy atom. The number of ether oxygens (including phenoxy) is 1. The lowest BCUT2D eigenvalue weighted by Gasteiger charge is -2.09. The molecule has 3 aromatic heterocycles. The summed E-state index contributed by atoms with van der Waals surface area (Å²) in [4.78, 5) is 42.6. The van der Waals surface area contributed by atoms with Gasteiger partial charge < -0.3 is 19.9 Å². The topological polar surface area (TPSA) is 102 Å². The van der Waals surface area contributed by atoms with E-state index in [9.17, 15) is 18.8 Å². The number of hydrogen-bond donors (Lipinski definition) is 2. The molecule has 4 aromatic rings. The minimum atomic E-state index is -0.658. The van der Waals surface area contributed by atoms with Crippen molar-refractivity contribution >= 4 is 45.0 Å². The van der Waals surface area contributed by atoms with Gasteiger partial charge in [0, 0.05) is 29.2 Å². The van der Waals surface area contributed by atoms with Gasteiger partial charge in [-0.2, -0.15) is 0 Å². The van der Waals surface area contributed by atoms with Gasteiger partial charge in [-0.1, -0.05) is 0 Å². The maximum absolute atomic E-state index is 12.9. The van der Waals surface area contributed by atoms with Gasteiger partial charge in [-0.15, -0.1) is 11.3 Å². The number of rotatable bonds is 7. The van der Waals surface area contributed by atoms with Crippen molar-refractivity contribution in [2.45, 2.75) is 13.8 Å². The average molecular weight is 481 g/mol. The largest absolute Gasteiger partial charge is 0.451 e. The zero-order valence-corrected chi connectivity index (χ0v) is 19.2. The van der Waals surface area contributed by atoms with Crippen molar-refractivity contribution in [3.05, 3.63) is 76.8 Å². The number of thiophene rings is 1. The maximum Gasteiger partial charge on any atom is 0.351 e. The van der Waals surface area contributed by atoms with E-state index in [2.05, 4.69) is 15.6 Å². The van der Waals surface area contributed by atoms with Gasteiger partial charge in [0.25, 0.3) is 5.91 Å². The Balaban J connectivity index is 1.41. The van der Waals surface area contributed by atoms with Gasteiger partial charge in [0.1, 0.15) is 15.5 Å². The van der Waals surface area contributed by atoms with E-state index in [4.69, 9.17) is 4.74 Å². The van der Waals surface area contributed by atoms with Crippen molar-refractivity contribution < 1.29 is 23.5 Å². The zero-order valence-electron chi connectivity index (χ0n) is 18.4. The molecule has 0 saturated heterocycles. The summed E-state index contributed by atoms with van der Waals surface area (Å²) in [6.45, 7) is 2.97. The predicted octanol–water partition coefficient (Wildman–Crippen LogP) is 3.75. The van der Waals surface area contributed by atoms with Crippen LogP contribution in [0.5, 0.6) is 0 Å². The molecule has 8 nitrogen and oxygen atoms in total. The molecule has 2 amide bonds. The molecule has 0 fully saturated rings. The number of aryl methyl sites for hydroxylation is 2. The van der Waals surface area contributed by atoms with Crippen LogP contribution in [0.3, 0.4) is 0 Å². The Bertz CT molecular complexity index is 1360. The van der Waals surface area contributed by atoms with Crippen LogP contribution in [-0.4, -0.2) is 40.5 Å². The highest BCUT2D eigenvalue weighted by Gasteiger charge is 2.24. The SMILES string of the molecule is Cc1cc(C)c2c(-n3cccc3)c(C(=O)OCC(=O)NCC(=O)Nc3ccc(F)cc3)sc2n1. The van der Waals surface area contributed by atoms with Gasteiger partial charge in [0.2, 0.25) is 5.91 Å². The molecule has 4 rings (SSSR count). The number of nitrogens with one attached hydrogen (secondary N) is 2. The Morgan fingerprint density at radius 3 is 2.50 bits per heavy atom. The molecule has 0 radical (unpaired) electrons. The lowest BCUT2D eigenvalue weighted by atomic mass is 10.1. The van der Waals surface area contributed by atoms with E-state index in [0.717, 1.165) is 16.6 Å². The van der Waals surface area contributed by atoms with Crippen molar-refractivity contribution in [2.24, 2.45) is 0 Å². The number of aromatic nitrogens is 2. The van der Waals surface area contributed by atoms with Crippen LogP contribution in [0.2, 0.25) is 0 Å². The fraction of sp³-hybridized carbons (Fsp3) is 0.167. The molecule has 3 heterocycles. The van der Waals surface area contributed by atoms with Gasteiger partial charge >= 0.3 is 5.97 Å². The van der Waals surface area contributed by atoms with Crippen molar-refractivity contribution in [1.29, 1.82) is 0 Å². The summed E-state index contributed by atoms with van der Waals surface area (Å²) >= 11 is 1.20. The fourth-order valence-electron chi connectivity index (χ4n) is 3.46. The highest BCUT2D eigenvalue weighted by atomic mass is 32.1. The van der Waals surface area contributed by atoms with E-state index in [1.807, 2.05) is 49.0 Å².